The first-order valence-electron chi connectivity index (χ1n) is 21.1. The smallest absolute Gasteiger partial charge is 0.371 e. The number of halogens is 3. The van der Waals surface area contributed by atoms with Gasteiger partial charge in [-0.15, -0.1) is 0 Å². The molecule has 2 fully saturated rings. The Labute approximate surface area is 357 Å². The maximum atomic E-state index is 13.3. The minimum atomic E-state index is -4.40. The number of hydrogen-bond donors (Lipinski definition) is 4. The quantitative estimate of drug-likeness (QED) is 0.119. The molecule has 2 spiro atoms. The second-order valence-electron chi connectivity index (χ2n) is 17.4. The third-order valence-corrected chi connectivity index (χ3v) is 12.5. The minimum absolute atomic E-state index is 0.00791. The van der Waals surface area contributed by atoms with Gasteiger partial charge in [-0.1, -0.05) is 126 Å². The molecule has 8 rings (SSSR count). The fraction of sp³-hybridized carbons (Fsp3) is 0.400. The molecule has 4 aliphatic rings. The molecular formula is C50H57F3N4O4. The van der Waals surface area contributed by atoms with Crippen LogP contribution in [0.2, 0.25) is 0 Å². The Bertz CT molecular complexity index is 2250. The van der Waals surface area contributed by atoms with E-state index in [0.29, 0.717) is 43.7 Å². The predicted octanol–water partition coefficient (Wildman–Crippen LogP) is 8.88. The summed E-state index contributed by atoms with van der Waals surface area (Å²) in [4.78, 5) is 23.5. The highest BCUT2D eigenvalue weighted by atomic mass is 19.4. The highest BCUT2D eigenvalue weighted by Gasteiger charge is 2.45. The molecule has 4 aliphatic heterocycles. The van der Waals surface area contributed by atoms with Gasteiger partial charge in [0.25, 0.3) is 0 Å². The number of alkyl halides is 3. The lowest BCUT2D eigenvalue weighted by molar-refractivity contribution is -0.137. The molecule has 322 valence electrons. The lowest BCUT2D eigenvalue weighted by atomic mass is 9.82. The third-order valence-electron chi connectivity index (χ3n) is 12.5. The SMILES string of the molecule is Cc1cc(C)cc([C@@H](C)OC[C@@]2(c3ccccc3)C=C[C@]3(CCC(=O)N3)CN2)c1.Cc1cc([C@@H](C)OC[C@@]2(c3ccccc3)C=C[C@]3(CCC(=O)N3)CN2)cc(C(F)(F)F)c1. The Morgan fingerprint density at radius 3 is 1.36 bits per heavy atom. The van der Waals surface area contributed by atoms with Crippen molar-refractivity contribution in [1.82, 2.24) is 21.3 Å². The van der Waals surface area contributed by atoms with Crippen molar-refractivity contribution in [2.75, 3.05) is 26.3 Å². The van der Waals surface area contributed by atoms with E-state index in [9.17, 15) is 22.8 Å². The molecule has 4 aromatic carbocycles. The van der Waals surface area contributed by atoms with E-state index in [-0.39, 0.29) is 30.1 Å². The Balaban J connectivity index is 0.000000185. The van der Waals surface area contributed by atoms with Crippen LogP contribution >= 0.6 is 0 Å². The van der Waals surface area contributed by atoms with Gasteiger partial charge in [0.1, 0.15) is 0 Å². The number of benzene rings is 4. The number of carbonyl (C=O) groups excluding carboxylic acids is 2. The summed E-state index contributed by atoms with van der Waals surface area (Å²) in [5.41, 5.74) is 4.49. The first kappa shape index (κ1) is 44.0. The van der Waals surface area contributed by atoms with Crippen LogP contribution in [0.5, 0.6) is 0 Å². The molecule has 0 bridgehead atoms. The first-order chi connectivity index (χ1) is 29.0. The molecule has 11 heteroatoms. The molecule has 0 saturated carbocycles. The van der Waals surface area contributed by atoms with Crippen molar-refractivity contribution >= 4 is 11.8 Å². The van der Waals surface area contributed by atoms with Crippen LogP contribution in [0.25, 0.3) is 0 Å². The molecule has 6 atom stereocenters. The largest absolute Gasteiger partial charge is 0.416 e. The summed E-state index contributed by atoms with van der Waals surface area (Å²) >= 11 is 0. The van der Waals surface area contributed by atoms with E-state index in [1.54, 1.807) is 19.9 Å². The summed E-state index contributed by atoms with van der Waals surface area (Å²) in [6, 6.07) is 30.8. The number of rotatable bonds is 10. The predicted molar refractivity (Wildman–Crippen MR) is 232 cm³/mol. The number of carbonyl (C=O) groups is 2. The number of nitrogens with one attached hydrogen (secondary N) is 4. The van der Waals surface area contributed by atoms with E-state index in [1.165, 1.54) is 22.3 Å². The van der Waals surface area contributed by atoms with Crippen molar-refractivity contribution in [3.8, 4) is 0 Å². The van der Waals surface area contributed by atoms with Crippen LogP contribution in [0.4, 0.5) is 13.2 Å². The van der Waals surface area contributed by atoms with Gasteiger partial charge in [0, 0.05) is 25.9 Å². The summed E-state index contributed by atoms with van der Waals surface area (Å²) in [7, 11) is 0. The molecular weight excluding hydrogens is 778 g/mol. The van der Waals surface area contributed by atoms with E-state index < -0.39 is 34.5 Å². The summed E-state index contributed by atoms with van der Waals surface area (Å²) in [6.45, 7) is 11.8. The van der Waals surface area contributed by atoms with Gasteiger partial charge >= 0.3 is 6.18 Å². The molecule has 0 aliphatic carbocycles. The van der Waals surface area contributed by atoms with Gasteiger partial charge < -0.3 is 20.1 Å². The maximum absolute atomic E-state index is 13.3. The standard InChI is InChI=1S/C25H27F3N2O2.C25H30N2O2/c1-17-12-19(14-21(13-17)25(26,27)28)18(2)32-16-24(20-6-4-3-5-7-20)11-10-23(15-29-24)9-8-22(31)30-23;1-18-13-19(2)15-21(14-18)20(3)29-17-25(22-7-5-4-6-8-22)12-11-24(16-26-25)10-9-23(28)27-24/h3-7,10-14,18,29H,8-9,15-16H2,1-2H3,(H,30,31);4-8,11-15,20,26H,9-10,16-17H2,1-3H3,(H,27,28)/t18-,23-,24-;20-,24-,25-/m11/s1. The molecule has 4 heterocycles. The zero-order valence-electron chi connectivity index (χ0n) is 35.6. The highest BCUT2D eigenvalue weighted by Crippen LogP contribution is 2.37. The minimum Gasteiger partial charge on any atom is -0.371 e. The number of ether oxygens (including phenoxy) is 2. The fourth-order valence-electron chi connectivity index (χ4n) is 8.86. The van der Waals surface area contributed by atoms with Crippen LogP contribution in [0.1, 0.15) is 96.2 Å². The average molecular weight is 835 g/mol. The van der Waals surface area contributed by atoms with E-state index in [2.05, 4.69) is 96.7 Å². The lowest BCUT2D eigenvalue weighted by Gasteiger charge is -2.42. The summed E-state index contributed by atoms with van der Waals surface area (Å²) in [6.07, 6.45) is 6.10. The number of hydrogen-bond acceptors (Lipinski definition) is 6. The fourth-order valence-corrected chi connectivity index (χ4v) is 8.86. The maximum Gasteiger partial charge on any atom is 0.416 e. The first-order valence-corrected chi connectivity index (χ1v) is 21.1. The molecule has 2 amide bonds. The van der Waals surface area contributed by atoms with Gasteiger partial charge in [0.15, 0.2) is 0 Å². The second kappa shape index (κ2) is 17.7. The van der Waals surface area contributed by atoms with Gasteiger partial charge in [-0.05, 0) is 81.8 Å². The van der Waals surface area contributed by atoms with Crippen LogP contribution in [0.15, 0.2) is 121 Å². The van der Waals surface area contributed by atoms with E-state index in [4.69, 9.17) is 9.47 Å². The Kier molecular flexibility index (Phi) is 12.8. The molecule has 0 aromatic heterocycles. The van der Waals surface area contributed by atoms with Crippen molar-refractivity contribution in [1.29, 1.82) is 0 Å². The van der Waals surface area contributed by atoms with Gasteiger partial charge in [-0.25, -0.2) is 0 Å². The normalized spacial score (nSPS) is 26.8. The van der Waals surface area contributed by atoms with Crippen molar-refractivity contribution in [3.05, 3.63) is 166 Å². The van der Waals surface area contributed by atoms with Crippen molar-refractivity contribution < 1.29 is 32.2 Å². The highest BCUT2D eigenvalue weighted by molar-refractivity contribution is 5.80. The van der Waals surface area contributed by atoms with E-state index in [1.807, 2.05) is 48.6 Å². The molecule has 2 saturated heterocycles. The molecule has 0 unspecified atom stereocenters. The molecule has 4 N–H and O–H groups in total. The number of aryl methyl sites for hydroxylation is 3. The van der Waals surface area contributed by atoms with Crippen LogP contribution in [-0.2, 0) is 36.3 Å². The average Bonchev–Trinajstić information content (AvgIpc) is 3.80. The van der Waals surface area contributed by atoms with Crippen LogP contribution in [0.3, 0.4) is 0 Å². The van der Waals surface area contributed by atoms with Gasteiger partial charge in [0.05, 0.1) is 53.1 Å². The zero-order valence-corrected chi connectivity index (χ0v) is 35.6. The third kappa shape index (κ3) is 10.2. The lowest BCUT2D eigenvalue weighted by Crippen LogP contribution is -2.58. The van der Waals surface area contributed by atoms with Crippen LogP contribution < -0.4 is 21.3 Å². The summed E-state index contributed by atoms with van der Waals surface area (Å²) in [5, 5.41) is 13.4. The Morgan fingerprint density at radius 1 is 0.590 bits per heavy atom. The molecule has 0 radical (unpaired) electrons. The summed E-state index contributed by atoms with van der Waals surface area (Å²) < 4.78 is 52.3. The van der Waals surface area contributed by atoms with Gasteiger partial charge in [0.2, 0.25) is 11.8 Å². The van der Waals surface area contributed by atoms with Crippen molar-refractivity contribution in [2.45, 2.75) is 101 Å². The topological polar surface area (TPSA) is 101 Å². The van der Waals surface area contributed by atoms with Gasteiger partial charge in [-0.2, -0.15) is 13.2 Å². The monoisotopic (exact) mass is 834 g/mol. The summed E-state index contributed by atoms with van der Waals surface area (Å²) in [5.74, 6) is 0.164. The van der Waals surface area contributed by atoms with Crippen LogP contribution in [-0.4, -0.2) is 49.2 Å². The van der Waals surface area contributed by atoms with Gasteiger partial charge in [-0.3, -0.25) is 20.2 Å². The molecule has 8 nitrogen and oxygen atoms in total. The van der Waals surface area contributed by atoms with Crippen LogP contribution in [0, 0.1) is 20.8 Å². The molecule has 61 heavy (non-hydrogen) atoms. The van der Waals surface area contributed by atoms with E-state index >= 15 is 0 Å². The van der Waals surface area contributed by atoms with Crippen molar-refractivity contribution in [2.24, 2.45) is 0 Å². The van der Waals surface area contributed by atoms with E-state index in [0.717, 1.165) is 30.5 Å². The number of amides is 2. The molecule has 4 aromatic rings. The Morgan fingerprint density at radius 2 is 1.00 bits per heavy atom. The second-order valence-corrected chi connectivity index (χ2v) is 17.4. The Hall–Kier alpha value is -5.07. The zero-order chi connectivity index (χ0) is 43.5. The van der Waals surface area contributed by atoms with Crippen molar-refractivity contribution in [3.63, 3.8) is 0 Å².